The van der Waals surface area contributed by atoms with Crippen LogP contribution < -0.4 is 56.5 Å². The third-order valence-corrected chi connectivity index (χ3v) is 7.05. The average molecular weight is 487 g/mol. The second-order valence-corrected chi connectivity index (χ2v) is 9.90. The summed E-state index contributed by atoms with van der Waals surface area (Å²) in [4.78, 5) is 28.1. The quantitative estimate of drug-likeness (QED) is 0.318. The van der Waals surface area contributed by atoms with Gasteiger partial charge in [-0.25, -0.2) is 16.8 Å². The first-order chi connectivity index (χ1) is 13.0. The van der Waals surface area contributed by atoms with E-state index in [0.29, 0.717) is 0 Å². The Labute approximate surface area is 216 Å². The number of rotatable bonds is 6. The van der Waals surface area contributed by atoms with Crippen LogP contribution in [-0.2, 0) is 19.7 Å². The number of carbonyl (C=O) groups excluding carboxylic acids is 2. The van der Waals surface area contributed by atoms with Gasteiger partial charge in [-0.3, -0.25) is 14.8 Å². The summed E-state index contributed by atoms with van der Waals surface area (Å²) >= 11 is 5.21. The van der Waals surface area contributed by atoms with E-state index in [-0.39, 0.29) is 78.4 Å². The van der Waals surface area contributed by atoms with Crippen LogP contribution >= 0.6 is 11.6 Å². The Bertz CT molecular complexity index is 1000. The Kier molecular flexibility index (Phi) is 11.9. The van der Waals surface area contributed by atoms with Crippen LogP contribution in [0.25, 0.3) is 0 Å². The van der Waals surface area contributed by atoms with Gasteiger partial charge in [0.25, 0.3) is 5.24 Å². The molecule has 0 N–H and O–H groups in total. The van der Waals surface area contributed by atoms with Gasteiger partial charge < -0.3 is 9.90 Å². The normalized spacial score (nSPS) is 10.9. The van der Waals surface area contributed by atoms with Crippen molar-refractivity contribution in [3.63, 3.8) is 0 Å². The number of aromatic nitrogens is 2. The molecule has 0 saturated carbocycles. The predicted molar refractivity (Wildman–Crippen MR) is 98.4 cm³/mol. The molecule has 2 aromatic rings. The monoisotopic (exact) mass is 486 g/mol. The van der Waals surface area contributed by atoms with Gasteiger partial charge in [0.15, 0.2) is 19.7 Å². The van der Waals surface area contributed by atoms with E-state index < -0.39 is 36.6 Å². The van der Waals surface area contributed by atoms with Crippen molar-refractivity contribution in [1.82, 2.24) is 9.97 Å². The number of hydrogen-bond acceptors (Lipinski definition) is 9. The van der Waals surface area contributed by atoms with Gasteiger partial charge in [-0.15, -0.1) is 0 Å². The van der Waals surface area contributed by atoms with Crippen molar-refractivity contribution in [1.29, 1.82) is 0 Å². The summed E-state index contributed by atoms with van der Waals surface area (Å²) in [6.45, 7) is 2.92. The molecule has 0 aromatic carbocycles. The van der Waals surface area contributed by atoms with Crippen LogP contribution in [0.15, 0.2) is 46.5 Å². The molecule has 9 nitrogen and oxygen atoms in total. The van der Waals surface area contributed by atoms with Crippen molar-refractivity contribution in [3.05, 3.63) is 48.0 Å². The molecule has 0 unspecified atom stereocenters. The van der Waals surface area contributed by atoms with E-state index in [4.69, 9.17) is 11.6 Å². The molecule has 0 spiro atoms. The molecule has 2 rings (SSSR count). The van der Waals surface area contributed by atoms with Crippen LogP contribution in [0.1, 0.15) is 34.8 Å². The van der Waals surface area contributed by atoms with Gasteiger partial charge in [0.1, 0.15) is 11.4 Å². The molecule has 152 valence electrons. The summed E-state index contributed by atoms with van der Waals surface area (Å²) in [6, 6.07) is 5.35. The van der Waals surface area contributed by atoms with Gasteiger partial charge in [0.05, 0.1) is 27.3 Å². The van der Waals surface area contributed by atoms with Crippen LogP contribution in [0.4, 0.5) is 0 Å². The smallest absolute Gasteiger partial charge is 0.543 e. The number of halogens is 1. The van der Waals surface area contributed by atoms with Crippen LogP contribution in [0.5, 0.6) is 0 Å². The average Bonchev–Trinajstić information content (AvgIpc) is 2.68. The van der Waals surface area contributed by atoms with Crippen LogP contribution in [0, 0.1) is 0 Å². The number of aromatic carboxylic acids is 1. The maximum absolute atomic E-state index is 11.5. The SMILES string of the molecule is CCS(=O)(=O)c1cccnc1C(=O)Cl.CCS(=O)(=O)c1cccnc1C(=O)[O-].[K+]. The van der Waals surface area contributed by atoms with Crippen LogP contribution in [0.3, 0.4) is 0 Å². The van der Waals surface area contributed by atoms with Crippen molar-refractivity contribution in [2.75, 3.05) is 11.5 Å². The molecule has 13 heteroatoms. The third kappa shape index (κ3) is 7.79. The van der Waals surface area contributed by atoms with Gasteiger partial charge >= 0.3 is 51.4 Å². The fourth-order valence-electron chi connectivity index (χ4n) is 1.89. The summed E-state index contributed by atoms with van der Waals surface area (Å²) in [7, 11) is -7.00. The Hall–Kier alpha value is -0.734. The molecule has 0 amide bonds. The summed E-state index contributed by atoms with van der Waals surface area (Å²) < 4.78 is 45.7. The van der Waals surface area contributed by atoms with Crippen LogP contribution in [-0.4, -0.2) is 49.5 Å². The molecule has 2 aromatic heterocycles. The van der Waals surface area contributed by atoms with E-state index in [9.17, 15) is 31.5 Å². The Morgan fingerprint density at radius 3 is 1.62 bits per heavy atom. The second kappa shape index (κ2) is 12.2. The molecular formula is C16H16ClKN2O7S2. The van der Waals surface area contributed by atoms with Crippen molar-refractivity contribution >= 4 is 42.5 Å². The molecule has 0 bridgehead atoms. The van der Waals surface area contributed by atoms with E-state index in [2.05, 4.69) is 9.97 Å². The number of hydrogen-bond donors (Lipinski definition) is 0. The minimum absolute atomic E-state index is 0. The molecule has 0 aliphatic heterocycles. The van der Waals surface area contributed by atoms with E-state index >= 15 is 0 Å². The Balaban J connectivity index is 0.000000523. The Morgan fingerprint density at radius 2 is 1.28 bits per heavy atom. The molecule has 0 aliphatic rings. The first kappa shape index (κ1) is 28.3. The first-order valence-electron chi connectivity index (χ1n) is 7.74. The maximum Gasteiger partial charge on any atom is 1.00 e. The number of sulfone groups is 2. The third-order valence-electron chi connectivity index (χ3n) is 3.35. The number of carbonyl (C=O) groups is 2. The first-order valence-corrected chi connectivity index (χ1v) is 11.4. The topological polar surface area (TPSA) is 151 Å². The standard InChI is InChI=1S/C8H8ClNO3S.C8H9NO4S.K/c1-2-14(12,13)6-4-3-5-10-7(6)8(9)11;1-2-14(12,13)6-4-3-5-9-7(6)8(10)11;/h3-5H,2H2,1H3;3-5H,2H2,1H3,(H,10,11);/q;;+1/p-1. The number of nitrogens with zero attached hydrogens (tertiary/aromatic N) is 2. The minimum atomic E-state index is -3.56. The summed E-state index contributed by atoms with van der Waals surface area (Å²) in [6.07, 6.45) is 2.53. The fraction of sp³-hybridized carbons (Fsp3) is 0.250. The second-order valence-electron chi connectivity index (χ2n) is 5.07. The molecule has 0 fully saturated rings. The van der Waals surface area contributed by atoms with Crippen molar-refractivity contribution in [2.45, 2.75) is 23.6 Å². The zero-order valence-electron chi connectivity index (χ0n) is 15.8. The van der Waals surface area contributed by atoms with Crippen molar-refractivity contribution in [2.24, 2.45) is 0 Å². The molecule has 2 heterocycles. The van der Waals surface area contributed by atoms with Gasteiger partial charge in [0.2, 0.25) is 0 Å². The largest absolute Gasteiger partial charge is 1.00 e. The molecule has 0 atom stereocenters. The summed E-state index contributed by atoms with van der Waals surface area (Å²) in [5, 5.41) is 9.68. The van der Waals surface area contributed by atoms with E-state index in [0.717, 1.165) is 0 Å². The number of carboxylic acids is 1. The minimum Gasteiger partial charge on any atom is -0.543 e. The summed E-state index contributed by atoms with van der Waals surface area (Å²) in [5.41, 5.74) is -0.745. The maximum atomic E-state index is 11.5. The summed E-state index contributed by atoms with van der Waals surface area (Å²) in [5.74, 6) is -1.84. The zero-order chi connectivity index (χ0) is 21.5. The van der Waals surface area contributed by atoms with E-state index in [1.165, 1.54) is 50.5 Å². The molecule has 0 aliphatic carbocycles. The fourth-order valence-corrected chi connectivity index (χ4v) is 4.17. The molecule has 0 saturated heterocycles. The van der Waals surface area contributed by atoms with Gasteiger partial charge in [-0.2, -0.15) is 0 Å². The van der Waals surface area contributed by atoms with Crippen molar-refractivity contribution in [3.8, 4) is 0 Å². The number of carboxylic acid groups (broad SMARTS) is 1. The van der Waals surface area contributed by atoms with Gasteiger partial charge in [0, 0.05) is 12.4 Å². The molecular weight excluding hydrogens is 471 g/mol. The molecule has 0 radical (unpaired) electrons. The van der Waals surface area contributed by atoms with Gasteiger partial charge in [-0.1, -0.05) is 13.8 Å². The predicted octanol–water partition coefficient (Wildman–Crippen LogP) is -2.50. The van der Waals surface area contributed by atoms with E-state index in [1.807, 2.05) is 0 Å². The van der Waals surface area contributed by atoms with Gasteiger partial charge in [-0.05, 0) is 35.9 Å². The van der Waals surface area contributed by atoms with E-state index in [1.54, 1.807) is 0 Å². The zero-order valence-corrected chi connectivity index (χ0v) is 21.3. The molecule has 29 heavy (non-hydrogen) atoms. The van der Waals surface area contributed by atoms with Crippen molar-refractivity contribution < 1.29 is 82.9 Å². The Morgan fingerprint density at radius 1 is 0.897 bits per heavy atom. The number of pyridine rings is 2. The van der Waals surface area contributed by atoms with Crippen LogP contribution in [0.2, 0.25) is 0 Å².